The van der Waals surface area contributed by atoms with Gasteiger partial charge in [-0.15, -0.1) is 0 Å². The first-order valence-corrected chi connectivity index (χ1v) is 9.55. The maximum Gasteiger partial charge on any atom is 0.319 e. The predicted molar refractivity (Wildman–Crippen MR) is 101 cm³/mol. The van der Waals surface area contributed by atoms with E-state index in [1.54, 1.807) is 24.2 Å². The molecule has 2 N–H and O–H groups in total. The summed E-state index contributed by atoms with van der Waals surface area (Å²) >= 11 is 0. The summed E-state index contributed by atoms with van der Waals surface area (Å²) in [5.41, 5.74) is 0.684. The van der Waals surface area contributed by atoms with Crippen LogP contribution in [0, 0.1) is 5.92 Å². The van der Waals surface area contributed by atoms with Crippen LogP contribution in [0.2, 0.25) is 0 Å². The van der Waals surface area contributed by atoms with E-state index in [4.69, 9.17) is 9.47 Å². The zero-order valence-corrected chi connectivity index (χ0v) is 16.2. The fraction of sp³-hybridized carbons (Fsp3) is 0.778. The Balaban J connectivity index is 1.86. The number of aromatic nitrogens is 2. The van der Waals surface area contributed by atoms with Gasteiger partial charge in [-0.05, 0) is 5.92 Å². The highest BCUT2D eigenvalue weighted by molar-refractivity contribution is 5.88. The summed E-state index contributed by atoms with van der Waals surface area (Å²) in [5.74, 6) is 0.560. The van der Waals surface area contributed by atoms with Crippen LogP contribution in [0.25, 0.3) is 0 Å². The molecule has 1 aliphatic rings. The van der Waals surface area contributed by atoms with Crippen molar-refractivity contribution < 1.29 is 14.3 Å². The lowest BCUT2D eigenvalue weighted by Gasteiger charge is -2.38. The number of hydrogen-bond acceptors (Lipinski definition) is 5. The Morgan fingerprint density at radius 1 is 1.35 bits per heavy atom. The highest BCUT2D eigenvalue weighted by Gasteiger charge is 2.27. The monoisotopic (exact) mass is 367 g/mol. The first kappa shape index (κ1) is 20.7. The Labute approximate surface area is 156 Å². The molecule has 0 bridgehead atoms. The highest BCUT2D eigenvalue weighted by atomic mass is 16.5. The molecular formula is C18H33N5O3. The molecule has 148 valence electrons. The van der Waals surface area contributed by atoms with Crippen molar-refractivity contribution in [2.45, 2.75) is 39.3 Å². The summed E-state index contributed by atoms with van der Waals surface area (Å²) in [7, 11) is 1.65. The van der Waals surface area contributed by atoms with Crippen LogP contribution in [-0.4, -0.2) is 73.3 Å². The van der Waals surface area contributed by atoms with Gasteiger partial charge in [-0.25, -0.2) is 4.79 Å². The molecule has 2 rings (SSSR count). The second kappa shape index (κ2) is 11.2. The molecule has 1 aromatic rings. The number of urea groups is 1. The van der Waals surface area contributed by atoms with Crippen molar-refractivity contribution in [3.05, 3.63) is 12.4 Å². The molecule has 1 atom stereocenters. The molecule has 1 fully saturated rings. The van der Waals surface area contributed by atoms with E-state index in [0.29, 0.717) is 37.3 Å². The summed E-state index contributed by atoms with van der Waals surface area (Å²) in [6, 6.07) is 0.143. The van der Waals surface area contributed by atoms with Gasteiger partial charge in [0.05, 0.1) is 38.2 Å². The van der Waals surface area contributed by atoms with Crippen LogP contribution >= 0.6 is 0 Å². The number of nitrogens with zero attached hydrogens (tertiary/aromatic N) is 3. The first-order valence-electron chi connectivity index (χ1n) is 9.55. The molecule has 26 heavy (non-hydrogen) atoms. The summed E-state index contributed by atoms with van der Waals surface area (Å²) in [6.45, 7) is 9.71. The van der Waals surface area contributed by atoms with Gasteiger partial charge in [-0.3, -0.25) is 9.58 Å². The van der Waals surface area contributed by atoms with Crippen molar-refractivity contribution in [1.29, 1.82) is 0 Å². The second-order valence-corrected chi connectivity index (χ2v) is 6.61. The molecule has 8 heteroatoms. The van der Waals surface area contributed by atoms with Gasteiger partial charge in [0.1, 0.15) is 0 Å². The number of carbonyl (C=O) groups excluding carboxylic acids is 1. The normalized spacial score (nSPS) is 16.6. The fourth-order valence-corrected chi connectivity index (χ4v) is 3.44. The van der Waals surface area contributed by atoms with E-state index in [0.717, 1.165) is 39.1 Å². The smallest absolute Gasteiger partial charge is 0.319 e. The Morgan fingerprint density at radius 3 is 2.73 bits per heavy atom. The Morgan fingerprint density at radius 2 is 2.08 bits per heavy atom. The van der Waals surface area contributed by atoms with E-state index in [-0.39, 0.29) is 6.03 Å². The largest absolute Gasteiger partial charge is 0.383 e. The lowest BCUT2D eigenvalue weighted by Crippen LogP contribution is -2.52. The number of hydrogen-bond donors (Lipinski definition) is 2. The van der Waals surface area contributed by atoms with Crippen molar-refractivity contribution in [2.24, 2.45) is 5.92 Å². The van der Waals surface area contributed by atoms with Crippen LogP contribution in [0.4, 0.5) is 10.5 Å². The third-order valence-electron chi connectivity index (χ3n) is 4.99. The van der Waals surface area contributed by atoms with Crippen LogP contribution in [0.3, 0.4) is 0 Å². The number of methoxy groups -OCH3 is 1. The SMILES string of the molecule is CCC(CC)[C@@H](CNC(=O)Nc1cnn(CCOC)c1)N1CCOCC1. The Bertz CT molecular complexity index is 527. The topological polar surface area (TPSA) is 80.7 Å². The average molecular weight is 367 g/mol. The van der Waals surface area contributed by atoms with E-state index in [2.05, 4.69) is 34.5 Å². The minimum atomic E-state index is -0.194. The van der Waals surface area contributed by atoms with Crippen molar-refractivity contribution in [2.75, 3.05) is 51.9 Å². The number of nitrogens with one attached hydrogen (secondary N) is 2. The minimum Gasteiger partial charge on any atom is -0.383 e. The third-order valence-corrected chi connectivity index (χ3v) is 4.99. The zero-order chi connectivity index (χ0) is 18.8. The van der Waals surface area contributed by atoms with Gasteiger partial charge in [0, 0.05) is 39.0 Å². The Kier molecular flexibility index (Phi) is 8.87. The lowest BCUT2D eigenvalue weighted by atomic mass is 9.92. The summed E-state index contributed by atoms with van der Waals surface area (Å²) in [5, 5.41) is 10.1. The standard InChI is InChI=1S/C18H33N5O3/c1-4-15(5-2)17(22-6-10-26-11-7-22)13-19-18(24)21-16-12-20-23(14-16)8-9-25-3/h12,14-15,17H,4-11,13H2,1-3H3,(H2,19,21,24)/t17-/m1/s1. The van der Waals surface area contributed by atoms with Crippen molar-refractivity contribution in [1.82, 2.24) is 20.0 Å². The highest BCUT2D eigenvalue weighted by Crippen LogP contribution is 2.19. The van der Waals surface area contributed by atoms with E-state index in [9.17, 15) is 4.79 Å². The van der Waals surface area contributed by atoms with Gasteiger partial charge < -0.3 is 20.1 Å². The Hall–Kier alpha value is -1.64. The van der Waals surface area contributed by atoms with E-state index in [1.165, 1.54) is 0 Å². The zero-order valence-electron chi connectivity index (χ0n) is 16.2. The average Bonchev–Trinajstić information content (AvgIpc) is 3.11. The van der Waals surface area contributed by atoms with Gasteiger partial charge >= 0.3 is 6.03 Å². The van der Waals surface area contributed by atoms with E-state index < -0.39 is 0 Å². The molecule has 1 saturated heterocycles. The molecule has 0 radical (unpaired) electrons. The number of ether oxygens (including phenoxy) is 2. The van der Waals surface area contributed by atoms with Crippen LogP contribution in [0.1, 0.15) is 26.7 Å². The molecule has 0 aromatic carbocycles. The quantitative estimate of drug-likeness (QED) is 0.659. The van der Waals surface area contributed by atoms with E-state index in [1.807, 2.05) is 0 Å². The van der Waals surface area contributed by atoms with Crippen molar-refractivity contribution >= 4 is 11.7 Å². The molecular weight excluding hydrogens is 334 g/mol. The van der Waals surface area contributed by atoms with Gasteiger partial charge in [0.2, 0.25) is 0 Å². The van der Waals surface area contributed by atoms with E-state index >= 15 is 0 Å². The van der Waals surface area contributed by atoms with Crippen LogP contribution in [-0.2, 0) is 16.0 Å². The molecule has 1 aromatic heterocycles. The second-order valence-electron chi connectivity index (χ2n) is 6.61. The summed E-state index contributed by atoms with van der Waals surface area (Å²) in [6.07, 6.45) is 5.66. The summed E-state index contributed by atoms with van der Waals surface area (Å²) in [4.78, 5) is 14.7. The number of anilines is 1. The molecule has 0 saturated carbocycles. The van der Waals surface area contributed by atoms with Gasteiger partial charge in [-0.1, -0.05) is 26.7 Å². The summed E-state index contributed by atoms with van der Waals surface area (Å²) < 4.78 is 12.3. The number of amides is 2. The predicted octanol–water partition coefficient (Wildman–Crippen LogP) is 1.79. The van der Waals surface area contributed by atoms with Gasteiger partial charge in [0.25, 0.3) is 0 Å². The van der Waals surface area contributed by atoms with Gasteiger partial charge in [0.15, 0.2) is 0 Å². The molecule has 8 nitrogen and oxygen atoms in total. The fourth-order valence-electron chi connectivity index (χ4n) is 3.44. The molecule has 2 heterocycles. The molecule has 0 aliphatic carbocycles. The number of rotatable bonds is 10. The molecule has 2 amide bonds. The maximum absolute atomic E-state index is 12.3. The number of carbonyl (C=O) groups is 1. The first-order chi connectivity index (χ1) is 12.7. The minimum absolute atomic E-state index is 0.194. The molecule has 0 spiro atoms. The third kappa shape index (κ3) is 6.26. The van der Waals surface area contributed by atoms with Crippen molar-refractivity contribution in [3.63, 3.8) is 0 Å². The molecule has 1 aliphatic heterocycles. The van der Waals surface area contributed by atoms with Crippen LogP contribution < -0.4 is 10.6 Å². The molecule has 0 unspecified atom stereocenters. The van der Waals surface area contributed by atoms with Crippen LogP contribution in [0.5, 0.6) is 0 Å². The number of morpholine rings is 1. The van der Waals surface area contributed by atoms with Crippen LogP contribution in [0.15, 0.2) is 12.4 Å². The van der Waals surface area contributed by atoms with Gasteiger partial charge in [-0.2, -0.15) is 5.10 Å². The lowest BCUT2D eigenvalue weighted by molar-refractivity contribution is 0.00247. The van der Waals surface area contributed by atoms with Crippen molar-refractivity contribution in [3.8, 4) is 0 Å². The maximum atomic E-state index is 12.3.